The fourth-order valence-corrected chi connectivity index (χ4v) is 2.55. The SMILES string of the molecule is COc1ccc(C=CC(=O)NC(=S)NNC(=O)COc2cc(C)cc(C)c2)cc1. The molecule has 0 saturated carbocycles. The number of rotatable bonds is 6. The summed E-state index contributed by atoms with van der Waals surface area (Å²) >= 11 is 4.98. The van der Waals surface area contributed by atoms with Gasteiger partial charge in [-0.15, -0.1) is 0 Å². The highest BCUT2D eigenvalue weighted by Gasteiger charge is 2.06. The van der Waals surface area contributed by atoms with Crippen molar-refractivity contribution in [3.63, 3.8) is 0 Å². The highest BCUT2D eigenvalue weighted by atomic mass is 32.1. The maximum absolute atomic E-state index is 11.9. The van der Waals surface area contributed by atoms with Gasteiger partial charge in [0.05, 0.1) is 7.11 Å². The minimum absolute atomic E-state index is 0.0332. The highest BCUT2D eigenvalue weighted by molar-refractivity contribution is 7.80. The molecule has 8 heteroatoms. The molecule has 29 heavy (non-hydrogen) atoms. The molecule has 2 aromatic rings. The van der Waals surface area contributed by atoms with E-state index in [4.69, 9.17) is 21.7 Å². The van der Waals surface area contributed by atoms with Crippen LogP contribution in [0.15, 0.2) is 48.5 Å². The van der Waals surface area contributed by atoms with E-state index in [9.17, 15) is 9.59 Å². The third-order valence-electron chi connectivity index (χ3n) is 3.66. The Morgan fingerprint density at radius 1 is 1.00 bits per heavy atom. The Balaban J connectivity index is 1.71. The van der Waals surface area contributed by atoms with Crippen molar-refractivity contribution in [3.8, 4) is 11.5 Å². The summed E-state index contributed by atoms with van der Waals surface area (Å²) in [5.41, 5.74) is 7.74. The van der Waals surface area contributed by atoms with Crippen LogP contribution in [-0.4, -0.2) is 30.6 Å². The molecule has 7 nitrogen and oxygen atoms in total. The van der Waals surface area contributed by atoms with E-state index in [0.29, 0.717) is 5.75 Å². The molecule has 3 N–H and O–H groups in total. The van der Waals surface area contributed by atoms with Gasteiger partial charge in [0.1, 0.15) is 11.5 Å². The molecule has 0 radical (unpaired) electrons. The number of carbonyl (C=O) groups excluding carboxylic acids is 2. The molecule has 152 valence electrons. The zero-order valence-electron chi connectivity index (χ0n) is 16.4. The molecule has 0 unspecified atom stereocenters. The molecule has 0 atom stereocenters. The van der Waals surface area contributed by atoms with Crippen LogP contribution in [0.4, 0.5) is 0 Å². The predicted octanol–water partition coefficient (Wildman–Crippen LogP) is 2.43. The first-order chi connectivity index (χ1) is 13.9. The van der Waals surface area contributed by atoms with Crippen molar-refractivity contribution in [1.82, 2.24) is 16.2 Å². The lowest BCUT2D eigenvalue weighted by Gasteiger charge is -2.11. The van der Waals surface area contributed by atoms with E-state index in [2.05, 4.69) is 16.2 Å². The van der Waals surface area contributed by atoms with Crippen LogP contribution in [0.5, 0.6) is 11.5 Å². The molecule has 0 aliphatic heterocycles. The van der Waals surface area contributed by atoms with Gasteiger partial charge in [-0.25, -0.2) is 0 Å². The molecule has 2 aromatic carbocycles. The molecule has 2 amide bonds. The Hall–Kier alpha value is -3.39. The molecular formula is C21H23N3O4S. The molecule has 0 saturated heterocycles. The Labute approximate surface area is 175 Å². The number of hydrazine groups is 1. The lowest BCUT2D eigenvalue weighted by atomic mass is 10.1. The molecule has 0 spiro atoms. The summed E-state index contributed by atoms with van der Waals surface area (Å²) < 4.78 is 10.5. The van der Waals surface area contributed by atoms with Gasteiger partial charge in [-0.05, 0) is 73.1 Å². The Kier molecular flexibility index (Phi) is 8.17. The number of benzene rings is 2. The first-order valence-corrected chi connectivity index (χ1v) is 9.19. The van der Waals surface area contributed by atoms with Crippen molar-refractivity contribution in [3.05, 3.63) is 65.2 Å². The average Bonchev–Trinajstić information content (AvgIpc) is 2.69. The van der Waals surface area contributed by atoms with Crippen molar-refractivity contribution in [2.75, 3.05) is 13.7 Å². The van der Waals surface area contributed by atoms with Gasteiger partial charge in [0, 0.05) is 6.08 Å². The number of hydrogen-bond donors (Lipinski definition) is 3. The third-order valence-corrected chi connectivity index (χ3v) is 3.86. The number of methoxy groups -OCH3 is 1. The number of aryl methyl sites for hydroxylation is 2. The van der Waals surface area contributed by atoms with Crippen molar-refractivity contribution >= 4 is 35.2 Å². The smallest absolute Gasteiger partial charge is 0.276 e. The van der Waals surface area contributed by atoms with Crippen molar-refractivity contribution in [2.45, 2.75) is 13.8 Å². The van der Waals surface area contributed by atoms with Crippen molar-refractivity contribution < 1.29 is 19.1 Å². The maximum atomic E-state index is 11.9. The van der Waals surface area contributed by atoms with Crippen molar-refractivity contribution in [1.29, 1.82) is 0 Å². The van der Waals surface area contributed by atoms with E-state index in [0.717, 1.165) is 22.4 Å². The van der Waals surface area contributed by atoms with Gasteiger partial charge in [0.25, 0.3) is 5.91 Å². The van der Waals surface area contributed by atoms with Gasteiger partial charge in [0.15, 0.2) is 11.7 Å². The first-order valence-electron chi connectivity index (χ1n) is 8.79. The molecule has 0 aromatic heterocycles. The summed E-state index contributed by atoms with van der Waals surface area (Å²) in [5.74, 6) is 0.472. The van der Waals surface area contributed by atoms with E-state index in [1.807, 2.05) is 44.2 Å². The van der Waals surface area contributed by atoms with E-state index >= 15 is 0 Å². The van der Waals surface area contributed by atoms with Gasteiger partial charge in [-0.1, -0.05) is 18.2 Å². The molecule has 0 heterocycles. The minimum Gasteiger partial charge on any atom is -0.497 e. The summed E-state index contributed by atoms with van der Waals surface area (Å²) in [6, 6.07) is 12.9. The second-order valence-electron chi connectivity index (χ2n) is 6.21. The summed E-state index contributed by atoms with van der Waals surface area (Å²) in [5, 5.41) is 2.40. The fourth-order valence-electron chi connectivity index (χ4n) is 2.40. The second-order valence-corrected chi connectivity index (χ2v) is 6.62. The van der Waals surface area contributed by atoms with Crippen LogP contribution >= 0.6 is 12.2 Å². The first kappa shape index (κ1) is 21.9. The van der Waals surface area contributed by atoms with Crippen LogP contribution in [0.25, 0.3) is 6.08 Å². The van der Waals surface area contributed by atoms with Crippen LogP contribution in [0.3, 0.4) is 0 Å². The normalized spacial score (nSPS) is 10.3. The Bertz CT molecular complexity index is 890. The number of hydrogen-bond acceptors (Lipinski definition) is 5. The van der Waals surface area contributed by atoms with Crippen LogP contribution in [-0.2, 0) is 9.59 Å². The number of ether oxygens (including phenoxy) is 2. The monoisotopic (exact) mass is 413 g/mol. The number of amides is 2. The zero-order chi connectivity index (χ0) is 21.2. The summed E-state index contributed by atoms with van der Waals surface area (Å²) in [7, 11) is 1.58. The lowest BCUT2D eigenvalue weighted by Crippen LogP contribution is -2.49. The molecule has 2 rings (SSSR count). The number of thiocarbonyl (C=S) groups is 1. The second kappa shape index (κ2) is 10.8. The van der Waals surface area contributed by atoms with Crippen LogP contribution in [0.1, 0.15) is 16.7 Å². The van der Waals surface area contributed by atoms with Gasteiger partial charge in [0.2, 0.25) is 5.91 Å². The van der Waals surface area contributed by atoms with E-state index < -0.39 is 11.8 Å². The quantitative estimate of drug-likeness (QED) is 0.383. The van der Waals surface area contributed by atoms with E-state index in [1.165, 1.54) is 6.08 Å². The van der Waals surface area contributed by atoms with Gasteiger partial charge in [-0.2, -0.15) is 0 Å². The van der Waals surface area contributed by atoms with Gasteiger partial charge in [-0.3, -0.25) is 25.8 Å². The highest BCUT2D eigenvalue weighted by Crippen LogP contribution is 2.16. The summed E-state index contributed by atoms with van der Waals surface area (Å²) in [6.07, 6.45) is 2.97. The molecule has 0 aliphatic carbocycles. The van der Waals surface area contributed by atoms with Crippen LogP contribution in [0.2, 0.25) is 0 Å². The lowest BCUT2D eigenvalue weighted by molar-refractivity contribution is -0.123. The van der Waals surface area contributed by atoms with Crippen molar-refractivity contribution in [2.24, 2.45) is 0 Å². The van der Waals surface area contributed by atoms with E-state index in [1.54, 1.807) is 25.3 Å². The minimum atomic E-state index is -0.436. The standard InChI is InChI=1S/C21H23N3O4S/c1-14-10-15(2)12-18(11-14)28-13-20(26)23-24-21(29)22-19(25)9-6-16-4-7-17(27-3)8-5-16/h4-12H,13H2,1-3H3,(H,23,26)(H2,22,24,25,29). The topological polar surface area (TPSA) is 88.7 Å². The largest absolute Gasteiger partial charge is 0.497 e. The molecule has 0 aliphatic rings. The Morgan fingerprint density at radius 2 is 1.66 bits per heavy atom. The number of carbonyl (C=O) groups is 2. The average molecular weight is 413 g/mol. The summed E-state index contributed by atoms with van der Waals surface area (Å²) in [4.78, 5) is 23.7. The van der Waals surface area contributed by atoms with Gasteiger partial charge < -0.3 is 9.47 Å². The summed E-state index contributed by atoms with van der Waals surface area (Å²) in [6.45, 7) is 3.71. The molecule has 0 bridgehead atoms. The molecular weight excluding hydrogens is 390 g/mol. The zero-order valence-corrected chi connectivity index (χ0v) is 17.3. The number of nitrogens with one attached hydrogen (secondary N) is 3. The van der Waals surface area contributed by atoms with Crippen LogP contribution < -0.4 is 25.6 Å². The van der Waals surface area contributed by atoms with Crippen LogP contribution in [0, 0.1) is 13.8 Å². The Morgan fingerprint density at radius 3 is 2.28 bits per heavy atom. The molecule has 0 fully saturated rings. The third kappa shape index (κ3) is 8.02. The predicted molar refractivity (Wildman–Crippen MR) is 115 cm³/mol. The maximum Gasteiger partial charge on any atom is 0.276 e. The van der Waals surface area contributed by atoms with E-state index in [-0.39, 0.29) is 11.7 Å². The fraction of sp³-hybridized carbons (Fsp3) is 0.190. The van der Waals surface area contributed by atoms with Gasteiger partial charge >= 0.3 is 0 Å².